The van der Waals surface area contributed by atoms with Crippen molar-refractivity contribution in [2.45, 2.75) is 32.1 Å². The molecule has 2 aromatic carbocycles. The molecule has 2 amide bonds. The Morgan fingerprint density at radius 1 is 1.11 bits per heavy atom. The number of methoxy groups -OCH3 is 2. The van der Waals surface area contributed by atoms with Gasteiger partial charge in [-0.1, -0.05) is 12.1 Å². The minimum absolute atomic E-state index is 0.0413. The highest BCUT2D eigenvalue weighted by atomic mass is 32.1. The number of carbonyl (C=O) groups is 2. The molecule has 0 radical (unpaired) electrons. The molecule has 1 aliphatic rings. The lowest BCUT2D eigenvalue weighted by Gasteiger charge is -2.31. The summed E-state index contributed by atoms with van der Waals surface area (Å²) in [4.78, 5) is 31.9. The summed E-state index contributed by atoms with van der Waals surface area (Å²) in [5.41, 5.74) is 2.66. The Kier molecular flexibility index (Phi) is 7.65. The minimum Gasteiger partial charge on any atom is -0.493 e. The molecule has 1 aliphatic heterocycles. The van der Waals surface area contributed by atoms with E-state index >= 15 is 0 Å². The summed E-state index contributed by atoms with van der Waals surface area (Å²) in [6.45, 7) is 3.16. The number of nitrogens with zero attached hydrogens (tertiary/aromatic N) is 2. The Labute approximate surface area is 207 Å². The molecule has 35 heavy (non-hydrogen) atoms. The molecular formula is C26H28FN3O4S. The van der Waals surface area contributed by atoms with E-state index in [4.69, 9.17) is 9.47 Å². The van der Waals surface area contributed by atoms with Crippen molar-refractivity contribution in [3.8, 4) is 11.5 Å². The molecule has 0 saturated carbocycles. The van der Waals surface area contributed by atoms with Gasteiger partial charge >= 0.3 is 0 Å². The number of rotatable bonds is 7. The first-order valence-electron chi connectivity index (χ1n) is 11.4. The van der Waals surface area contributed by atoms with Crippen molar-refractivity contribution in [3.63, 3.8) is 0 Å². The summed E-state index contributed by atoms with van der Waals surface area (Å²) in [5.74, 6) is 0.792. The number of aromatic nitrogens is 1. The van der Waals surface area contributed by atoms with Crippen molar-refractivity contribution in [1.82, 2.24) is 9.88 Å². The lowest BCUT2D eigenvalue weighted by molar-refractivity contribution is -0.131. The molecule has 9 heteroatoms. The van der Waals surface area contributed by atoms with Crippen molar-refractivity contribution < 1.29 is 23.5 Å². The fourth-order valence-corrected chi connectivity index (χ4v) is 5.12. The third kappa shape index (κ3) is 5.79. The molecule has 1 fully saturated rings. The predicted molar refractivity (Wildman–Crippen MR) is 133 cm³/mol. The number of halogens is 1. The maximum Gasteiger partial charge on any atom is 0.275 e. The van der Waals surface area contributed by atoms with Crippen LogP contribution < -0.4 is 14.8 Å². The zero-order valence-corrected chi connectivity index (χ0v) is 20.8. The molecule has 0 aliphatic carbocycles. The third-order valence-corrected chi connectivity index (χ3v) is 7.21. The van der Waals surface area contributed by atoms with Gasteiger partial charge in [-0.25, -0.2) is 9.37 Å². The Bertz CT molecular complexity index is 1200. The van der Waals surface area contributed by atoms with E-state index in [1.54, 1.807) is 37.8 Å². The second-order valence-electron chi connectivity index (χ2n) is 8.51. The van der Waals surface area contributed by atoms with E-state index in [1.165, 1.54) is 23.5 Å². The Balaban J connectivity index is 1.34. The maximum absolute atomic E-state index is 13.1. The second kappa shape index (κ2) is 10.9. The summed E-state index contributed by atoms with van der Waals surface area (Å²) >= 11 is 1.47. The number of ether oxygens (including phenoxy) is 2. The van der Waals surface area contributed by atoms with Gasteiger partial charge in [-0.15, -0.1) is 11.3 Å². The van der Waals surface area contributed by atoms with Crippen LogP contribution in [-0.2, 0) is 11.2 Å². The van der Waals surface area contributed by atoms with E-state index in [-0.39, 0.29) is 30.0 Å². The van der Waals surface area contributed by atoms with E-state index in [0.29, 0.717) is 36.0 Å². The van der Waals surface area contributed by atoms with E-state index in [0.717, 1.165) is 29.0 Å². The van der Waals surface area contributed by atoms with Crippen LogP contribution in [0.1, 0.15) is 45.4 Å². The molecule has 0 spiro atoms. The fourth-order valence-electron chi connectivity index (χ4n) is 4.15. The highest BCUT2D eigenvalue weighted by molar-refractivity contribution is 7.10. The average molecular weight is 498 g/mol. The van der Waals surface area contributed by atoms with Gasteiger partial charge in [-0.05, 0) is 49.1 Å². The van der Waals surface area contributed by atoms with Crippen LogP contribution in [0.5, 0.6) is 11.5 Å². The molecule has 2 heterocycles. The molecule has 0 atom stereocenters. The van der Waals surface area contributed by atoms with Gasteiger partial charge in [0.1, 0.15) is 11.5 Å². The number of amides is 2. The first kappa shape index (κ1) is 24.7. The molecule has 4 rings (SSSR count). The van der Waals surface area contributed by atoms with Crippen LogP contribution in [-0.4, -0.2) is 49.0 Å². The number of hydrogen-bond donors (Lipinski definition) is 1. The van der Waals surface area contributed by atoms with Gasteiger partial charge in [-0.3, -0.25) is 9.59 Å². The number of anilines is 1. The van der Waals surface area contributed by atoms with Crippen LogP contribution in [0, 0.1) is 12.7 Å². The Morgan fingerprint density at radius 2 is 1.77 bits per heavy atom. The highest BCUT2D eigenvalue weighted by Crippen LogP contribution is 2.34. The third-order valence-electron chi connectivity index (χ3n) is 6.20. The number of hydrogen-bond acceptors (Lipinski definition) is 6. The average Bonchev–Trinajstić information content (AvgIpc) is 3.37. The number of aryl methyl sites for hydroxylation is 1. The second-order valence-corrected chi connectivity index (χ2v) is 9.40. The SMILES string of the molecule is COc1cc(C)c(NC(=O)c2csc(C3CCN(C(=O)Cc4ccc(F)cc4)CC3)n2)cc1OC. The van der Waals surface area contributed by atoms with Crippen molar-refractivity contribution in [2.24, 2.45) is 0 Å². The Morgan fingerprint density at radius 3 is 2.43 bits per heavy atom. The van der Waals surface area contributed by atoms with Crippen molar-refractivity contribution in [2.75, 3.05) is 32.6 Å². The van der Waals surface area contributed by atoms with Crippen molar-refractivity contribution in [3.05, 3.63) is 69.4 Å². The number of benzene rings is 2. The summed E-state index contributed by atoms with van der Waals surface area (Å²) in [7, 11) is 3.12. The summed E-state index contributed by atoms with van der Waals surface area (Å²) in [6, 6.07) is 9.58. The topological polar surface area (TPSA) is 80.8 Å². The van der Waals surface area contributed by atoms with Crippen molar-refractivity contribution >= 4 is 28.8 Å². The van der Waals surface area contributed by atoms with Crippen LogP contribution in [0.3, 0.4) is 0 Å². The molecule has 1 saturated heterocycles. The van der Waals surface area contributed by atoms with Gasteiger partial charge in [0.25, 0.3) is 5.91 Å². The van der Waals surface area contributed by atoms with Crippen LogP contribution in [0.25, 0.3) is 0 Å². The number of piperidine rings is 1. The van der Waals surface area contributed by atoms with Crippen LogP contribution in [0.4, 0.5) is 10.1 Å². The normalized spacial score (nSPS) is 14.0. The van der Waals surface area contributed by atoms with Crippen LogP contribution >= 0.6 is 11.3 Å². The number of carbonyl (C=O) groups excluding carboxylic acids is 2. The zero-order chi connectivity index (χ0) is 24.9. The van der Waals surface area contributed by atoms with Crippen LogP contribution in [0.15, 0.2) is 41.8 Å². The smallest absolute Gasteiger partial charge is 0.275 e. The van der Waals surface area contributed by atoms with Gasteiger partial charge in [0.15, 0.2) is 11.5 Å². The molecule has 184 valence electrons. The van der Waals surface area contributed by atoms with E-state index in [2.05, 4.69) is 10.3 Å². The maximum atomic E-state index is 13.1. The van der Waals surface area contributed by atoms with Gasteiger partial charge < -0.3 is 19.7 Å². The first-order chi connectivity index (χ1) is 16.9. The first-order valence-corrected chi connectivity index (χ1v) is 12.3. The van der Waals surface area contributed by atoms with Gasteiger partial charge in [0.05, 0.1) is 25.6 Å². The highest BCUT2D eigenvalue weighted by Gasteiger charge is 2.26. The minimum atomic E-state index is -0.308. The number of likely N-dealkylation sites (tertiary alicyclic amines) is 1. The van der Waals surface area contributed by atoms with Crippen LogP contribution in [0.2, 0.25) is 0 Å². The largest absolute Gasteiger partial charge is 0.493 e. The zero-order valence-electron chi connectivity index (χ0n) is 20.0. The van der Waals surface area contributed by atoms with E-state index in [1.807, 2.05) is 17.9 Å². The molecule has 1 N–H and O–H groups in total. The van der Waals surface area contributed by atoms with Gasteiger partial charge in [0.2, 0.25) is 5.91 Å². The summed E-state index contributed by atoms with van der Waals surface area (Å²) < 4.78 is 23.7. The fraction of sp³-hybridized carbons (Fsp3) is 0.346. The van der Waals surface area contributed by atoms with E-state index < -0.39 is 0 Å². The Hall–Kier alpha value is -3.46. The molecule has 0 unspecified atom stereocenters. The van der Waals surface area contributed by atoms with Crippen molar-refractivity contribution in [1.29, 1.82) is 0 Å². The lowest BCUT2D eigenvalue weighted by Crippen LogP contribution is -2.38. The summed E-state index contributed by atoms with van der Waals surface area (Å²) in [6.07, 6.45) is 1.85. The summed E-state index contributed by atoms with van der Waals surface area (Å²) in [5, 5.41) is 5.59. The predicted octanol–water partition coefficient (Wildman–Crippen LogP) is 4.81. The van der Waals surface area contributed by atoms with E-state index in [9.17, 15) is 14.0 Å². The molecule has 1 aromatic heterocycles. The number of thiazole rings is 1. The quantitative estimate of drug-likeness (QED) is 0.507. The molecule has 3 aromatic rings. The molecule has 0 bridgehead atoms. The standard InChI is InChI=1S/C26H28FN3O4S/c1-16-12-22(33-2)23(34-3)14-20(16)28-25(32)21-15-35-26(29-21)18-8-10-30(11-9-18)24(31)13-17-4-6-19(27)7-5-17/h4-7,12,14-15,18H,8-11,13H2,1-3H3,(H,28,32). The van der Waals surface area contributed by atoms with Gasteiger partial charge in [0, 0.05) is 36.1 Å². The number of nitrogens with one attached hydrogen (secondary N) is 1. The van der Waals surface area contributed by atoms with Gasteiger partial charge in [-0.2, -0.15) is 0 Å². The molecule has 7 nitrogen and oxygen atoms in total. The lowest BCUT2D eigenvalue weighted by atomic mass is 9.97. The monoisotopic (exact) mass is 497 g/mol. The molecular weight excluding hydrogens is 469 g/mol.